The first-order chi connectivity index (χ1) is 12.1. The van der Waals surface area contributed by atoms with Gasteiger partial charge >= 0.3 is 0 Å². The van der Waals surface area contributed by atoms with Gasteiger partial charge < -0.3 is 10.6 Å². The maximum absolute atomic E-state index is 12.4. The van der Waals surface area contributed by atoms with Crippen molar-refractivity contribution in [2.75, 3.05) is 10.6 Å². The van der Waals surface area contributed by atoms with E-state index < -0.39 is 0 Å². The Bertz CT molecular complexity index is 863. The molecule has 2 heterocycles. The zero-order valence-corrected chi connectivity index (χ0v) is 14.2. The number of hydrogen-bond acceptors (Lipinski definition) is 5. The van der Waals surface area contributed by atoms with Gasteiger partial charge in [-0.3, -0.25) is 9.78 Å². The molecule has 6 heteroatoms. The van der Waals surface area contributed by atoms with Crippen molar-refractivity contribution in [2.45, 2.75) is 20.4 Å². The monoisotopic (exact) mass is 333 g/mol. The van der Waals surface area contributed by atoms with Crippen molar-refractivity contribution in [3.05, 3.63) is 77.5 Å². The first kappa shape index (κ1) is 16.6. The van der Waals surface area contributed by atoms with Gasteiger partial charge in [0, 0.05) is 18.0 Å². The minimum atomic E-state index is -0.268. The summed E-state index contributed by atoms with van der Waals surface area (Å²) in [5.74, 6) is 0.850. The molecule has 3 aromatic rings. The number of nitrogens with one attached hydrogen (secondary N) is 2. The Kier molecular flexibility index (Phi) is 4.99. The van der Waals surface area contributed by atoms with E-state index in [1.807, 2.05) is 49.4 Å². The van der Waals surface area contributed by atoms with E-state index in [0.717, 1.165) is 16.9 Å². The van der Waals surface area contributed by atoms with Gasteiger partial charge in [-0.2, -0.15) is 0 Å². The van der Waals surface area contributed by atoms with E-state index in [1.165, 1.54) is 0 Å². The Morgan fingerprint density at radius 3 is 2.56 bits per heavy atom. The molecule has 0 bridgehead atoms. The zero-order valence-electron chi connectivity index (χ0n) is 14.2. The van der Waals surface area contributed by atoms with Crippen LogP contribution in [0.2, 0.25) is 0 Å². The van der Waals surface area contributed by atoms with Crippen molar-refractivity contribution < 1.29 is 4.79 Å². The van der Waals surface area contributed by atoms with Crippen LogP contribution in [-0.2, 0) is 6.54 Å². The van der Waals surface area contributed by atoms with Crippen molar-refractivity contribution in [3.63, 3.8) is 0 Å². The van der Waals surface area contributed by atoms with Crippen LogP contribution < -0.4 is 10.6 Å². The Labute approximate surface area is 146 Å². The second-order valence-corrected chi connectivity index (χ2v) is 5.68. The molecule has 0 atom stereocenters. The standard InChI is InChI=1S/C19H19N5O/c1-13-6-8-15(9-7-13)24-19(25)17-11-18(23-14(2)22-17)21-12-16-5-3-4-10-20-16/h3-11H,12H2,1-2H3,(H,24,25)(H,21,22,23). The van der Waals surface area contributed by atoms with Crippen LogP contribution in [0.15, 0.2) is 54.7 Å². The molecule has 0 fully saturated rings. The molecule has 0 unspecified atom stereocenters. The molecule has 2 aromatic heterocycles. The summed E-state index contributed by atoms with van der Waals surface area (Å²) in [5, 5.41) is 6.02. The third-order valence-electron chi connectivity index (χ3n) is 3.56. The van der Waals surface area contributed by atoms with E-state index in [0.29, 0.717) is 23.9 Å². The summed E-state index contributed by atoms with van der Waals surface area (Å²) in [7, 11) is 0. The zero-order chi connectivity index (χ0) is 17.6. The summed E-state index contributed by atoms with van der Waals surface area (Å²) < 4.78 is 0. The largest absolute Gasteiger partial charge is 0.364 e. The maximum atomic E-state index is 12.4. The molecule has 1 amide bonds. The minimum Gasteiger partial charge on any atom is -0.364 e. The highest BCUT2D eigenvalue weighted by atomic mass is 16.1. The highest BCUT2D eigenvalue weighted by Crippen LogP contribution is 2.13. The summed E-state index contributed by atoms with van der Waals surface area (Å²) in [5.41, 5.74) is 3.08. The van der Waals surface area contributed by atoms with Crippen LogP contribution >= 0.6 is 0 Å². The molecular weight excluding hydrogens is 314 g/mol. The van der Waals surface area contributed by atoms with Gasteiger partial charge in [0.15, 0.2) is 0 Å². The van der Waals surface area contributed by atoms with Gasteiger partial charge in [-0.25, -0.2) is 9.97 Å². The molecular formula is C19H19N5O. The molecule has 2 N–H and O–H groups in total. The summed E-state index contributed by atoms with van der Waals surface area (Å²) in [6, 6.07) is 15.0. The van der Waals surface area contributed by atoms with Gasteiger partial charge in [-0.15, -0.1) is 0 Å². The van der Waals surface area contributed by atoms with Gasteiger partial charge in [0.1, 0.15) is 17.3 Å². The number of carbonyl (C=O) groups excluding carboxylic acids is 1. The predicted molar refractivity (Wildman–Crippen MR) is 97.5 cm³/mol. The molecule has 3 rings (SSSR count). The molecule has 0 aliphatic rings. The summed E-state index contributed by atoms with van der Waals surface area (Å²) in [4.78, 5) is 25.2. The van der Waals surface area contributed by atoms with Gasteiger partial charge in [0.05, 0.1) is 12.2 Å². The van der Waals surface area contributed by atoms with Crippen LogP contribution in [0.25, 0.3) is 0 Å². The smallest absolute Gasteiger partial charge is 0.274 e. The first-order valence-electron chi connectivity index (χ1n) is 7.97. The van der Waals surface area contributed by atoms with Gasteiger partial charge in [-0.05, 0) is 38.1 Å². The molecule has 0 aliphatic carbocycles. The highest BCUT2D eigenvalue weighted by Gasteiger charge is 2.11. The molecule has 126 valence electrons. The van der Waals surface area contributed by atoms with Crippen molar-refractivity contribution >= 4 is 17.4 Å². The lowest BCUT2D eigenvalue weighted by Gasteiger charge is -2.09. The number of rotatable bonds is 5. The van der Waals surface area contributed by atoms with Crippen LogP contribution in [0.3, 0.4) is 0 Å². The van der Waals surface area contributed by atoms with E-state index in [2.05, 4.69) is 25.6 Å². The molecule has 0 saturated heterocycles. The topological polar surface area (TPSA) is 79.8 Å². The maximum Gasteiger partial charge on any atom is 0.274 e. The molecule has 0 aliphatic heterocycles. The number of anilines is 2. The molecule has 0 radical (unpaired) electrons. The lowest BCUT2D eigenvalue weighted by molar-refractivity contribution is 0.102. The number of carbonyl (C=O) groups is 1. The van der Waals surface area contributed by atoms with Gasteiger partial charge in [0.25, 0.3) is 5.91 Å². The fraction of sp³-hybridized carbons (Fsp3) is 0.158. The summed E-state index contributed by atoms with van der Waals surface area (Å²) >= 11 is 0. The Morgan fingerprint density at radius 1 is 1.04 bits per heavy atom. The number of pyridine rings is 1. The third kappa shape index (κ3) is 4.60. The summed E-state index contributed by atoms with van der Waals surface area (Å²) in [6.07, 6.45) is 1.74. The second-order valence-electron chi connectivity index (χ2n) is 5.68. The van der Waals surface area contributed by atoms with E-state index in [9.17, 15) is 4.79 Å². The number of benzene rings is 1. The lowest BCUT2D eigenvalue weighted by Crippen LogP contribution is -2.16. The Morgan fingerprint density at radius 2 is 1.84 bits per heavy atom. The second kappa shape index (κ2) is 7.53. The summed E-state index contributed by atoms with van der Waals surface area (Å²) in [6.45, 7) is 4.28. The number of hydrogen-bond donors (Lipinski definition) is 2. The normalized spacial score (nSPS) is 10.3. The highest BCUT2D eigenvalue weighted by molar-refractivity contribution is 6.03. The molecule has 25 heavy (non-hydrogen) atoms. The molecule has 0 spiro atoms. The van der Waals surface area contributed by atoms with Crippen molar-refractivity contribution in [1.82, 2.24) is 15.0 Å². The van der Waals surface area contributed by atoms with Crippen LogP contribution in [0, 0.1) is 13.8 Å². The van der Waals surface area contributed by atoms with Crippen molar-refractivity contribution in [3.8, 4) is 0 Å². The van der Waals surface area contributed by atoms with Crippen LogP contribution in [0.1, 0.15) is 27.6 Å². The molecule has 6 nitrogen and oxygen atoms in total. The number of aromatic nitrogens is 3. The van der Waals surface area contributed by atoms with Crippen LogP contribution in [0.5, 0.6) is 0 Å². The van der Waals surface area contributed by atoms with Crippen molar-refractivity contribution in [1.29, 1.82) is 0 Å². The Hall–Kier alpha value is -3.28. The van der Waals surface area contributed by atoms with E-state index >= 15 is 0 Å². The number of amides is 1. The quantitative estimate of drug-likeness (QED) is 0.748. The third-order valence-corrected chi connectivity index (χ3v) is 3.56. The number of aryl methyl sites for hydroxylation is 2. The van der Waals surface area contributed by atoms with Gasteiger partial charge in [0.2, 0.25) is 0 Å². The van der Waals surface area contributed by atoms with Crippen molar-refractivity contribution in [2.24, 2.45) is 0 Å². The van der Waals surface area contributed by atoms with Crippen LogP contribution in [-0.4, -0.2) is 20.9 Å². The molecule has 1 aromatic carbocycles. The predicted octanol–water partition coefficient (Wildman–Crippen LogP) is 3.35. The fourth-order valence-electron chi connectivity index (χ4n) is 2.29. The molecule has 0 saturated carbocycles. The first-order valence-corrected chi connectivity index (χ1v) is 7.97. The van der Waals surface area contributed by atoms with E-state index in [1.54, 1.807) is 19.2 Å². The Balaban J connectivity index is 1.72. The minimum absolute atomic E-state index is 0.268. The number of nitrogens with zero attached hydrogens (tertiary/aromatic N) is 3. The van der Waals surface area contributed by atoms with Gasteiger partial charge in [-0.1, -0.05) is 23.8 Å². The SMILES string of the molecule is Cc1ccc(NC(=O)c2cc(NCc3ccccn3)nc(C)n2)cc1. The van der Waals surface area contributed by atoms with Crippen LogP contribution in [0.4, 0.5) is 11.5 Å². The average Bonchev–Trinajstić information content (AvgIpc) is 2.62. The lowest BCUT2D eigenvalue weighted by atomic mass is 10.2. The van der Waals surface area contributed by atoms with E-state index in [-0.39, 0.29) is 5.91 Å². The van der Waals surface area contributed by atoms with E-state index in [4.69, 9.17) is 0 Å². The fourth-order valence-corrected chi connectivity index (χ4v) is 2.29. The average molecular weight is 333 g/mol.